The number of hydrogen-bond donors (Lipinski definition) is 0. The molecule has 1 heterocycles. The van der Waals surface area contributed by atoms with Gasteiger partial charge in [0.2, 0.25) is 0 Å². The molecule has 0 aliphatic heterocycles. The van der Waals surface area contributed by atoms with Gasteiger partial charge in [-0.3, -0.25) is 4.79 Å². The van der Waals surface area contributed by atoms with Crippen molar-refractivity contribution in [3.05, 3.63) is 70.3 Å². The zero-order chi connectivity index (χ0) is 17.6. The fourth-order valence-corrected chi connectivity index (χ4v) is 2.48. The molecular formula is C20H21N3O2. The van der Waals surface area contributed by atoms with Crippen LogP contribution in [-0.4, -0.2) is 22.5 Å². The molecule has 0 bridgehead atoms. The van der Waals surface area contributed by atoms with Gasteiger partial charge in [-0.25, -0.2) is 4.98 Å². The van der Waals surface area contributed by atoms with Gasteiger partial charge in [0.15, 0.2) is 0 Å². The van der Waals surface area contributed by atoms with E-state index in [4.69, 9.17) is 4.74 Å². The molecule has 5 heteroatoms. The van der Waals surface area contributed by atoms with Crippen LogP contribution >= 0.6 is 0 Å². The second-order valence-corrected chi connectivity index (χ2v) is 5.81. The van der Waals surface area contributed by atoms with Gasteiger partial charge >= 0.3 is 0 Å². The van der Waals surface area contributed by atoms with E-state index in [2.05, 4.69) is 17.0 Å². The Bertz CT molecular complexity index is 943. The number of hydrogen-bond acceptors (Lipinski definition) is 4. The highest BCUT2D eigenvalue weighted by atomic mass is 16.5. The van der Waals surface area contributed by atoms with Crippen LogP contribution < -0.4 is 10.3 Å². The fourth-order valence-electron chi connectivity index (χ4n) is 2.48. The summed E-state index contributed by atoms with van der Waals surface area (Å²) in [5, 5.41) is 4.87. The lowest BCUT2D eigenvalue weighted by Crippen LogP contribution is -2.20. The third kappa shape index (κ3) is 3.94. The zero-order valence-corrected chi connectivity index (χ0v) is 14.5. The molecule has 25 heavy (non-hydrogen) atoms. The molecule has 5 nitrogen and oxygen atoms in total. The molecule has 3 rings (SSSR count). The molecule has 2 aromatic carbocycles. The van der Waals surface area contributed by atoms with Crippen LogP contribution in [0.3, 0.4) is 0 Å². The number of unbranched alkanes of at least 4 members (excludes halogenated alkanes) is 1. The van der Waals surface area contributed by atoms with Crippen LogP contribution in [0.5, 0.6) is 5.75 Å². The lowest BCUT2D eigenvalue weighted by atomic mass is 10.2. The maximum Gasteiger partial charge on any atom is 0.282 e. The number of para-hydroxylation sites is 1. The first-order valence-electron chi connectivity index (χ1n) is 8.44. The van der Waals surface area contributed by atoms with Gasteiger partial charge in [-0.1, -0.05) is 25.5 Å². The molecule has 0 saturated heterocycles. The average molecular weight is 335 g/mol. The van der Waals surface area contributed by atoms with Crippen molar-refractivity contribution in [3.63, 3.8) is 0 Å². The van der Waals surface area contributed by atoms with Gasteiger partial charge in [-0.05, 0) is 55.3 Å². The maximum absolute atomic E-state index is 12.6. The first-order valence-corrected chi connectivity index (χ1v) is 8.44. The van der Waals surface area contributed by atoms with Crippen molar-refractivity contribution in [2.45, 2.75) is 26.7 Å². The van der Waals surface area contributed by atoms with Crippen molar-refractivity contribution in [1.82, 2.24) is 9.66 Å². The van der Waals surface area contributed by atoms with Gasteiger partial charge in [-0.15, -0.1) is 0 Å². The minimum Gasteiger partial charge on any atom is -0.494 e. The normalized spacial score (nSPS) is 11.3. The van der Waals surface area contributed by atoms with Gasteiger partial charge in [0, 0.05) is 0 Å². The highest BCUT2D eigenvalue weighted by Crippen LogP contribution is 2.12. The van der Waals surface area contributed by atoms with Gasteiger partial charge < -0.3 is 4.74 Å². The first kappa shape index (κ1) is 16.9. The minimum absolute atomic E-state index is 0.168. The van der Waals surface area contributed by atoms with Crippen LogP contribution in [0.4, 0.5) is 0 Å². The van der Waals surface area contributed by atoms with E-state index in [0.29, 0.717) is 16.7 Å². The molecule has 0 aliphatic carbocycles. The molecule has 0 saturated carbocycles. The summed E-state index contributed by atoms with van der Waals surface area (Å²) in [6.07, 6.45) is 3.81. The van der Waals surface area contributed by atoms with Crippen molar-refractivity contribution in [3.8, 4) is 5.75 Å². The van der Waals surface area contributed by atoms with E-state index in [-0.39, 0.29) is 5.56 Å². The van der Waals surface area contributed by atoms with E-state index < -0.39 is 0 Å². The Balaban J connectivity index is 1.82. The highest BCUT2D eigenvalue weighted by Gasteiger charge is 2.06. The van der Waals surface area contributed by atoms with E-state index in [9.17, 15) is 4.79 Å². The predicted octanol–water partition coefficient (Wildman–Crippen LogP) is 3.77. The zero-order valence-electron chi connectivity index (χ0n) is 14.5. The van der Waals surface area contributed by atoms with Gasteiger partial charge in [0.1, 0.15) is 11.6 Å². The number of nitrogens with zero attached hydrogens (tertiary/aromatic N) is 3. The first-order chi connectivity index (χ1) is 12.2. The third-order valence-electron chi connectivity index (χ3n) is 3.88. The Morgan fingerprint density at radius 3 is 2.68 bits per heavy atom. The number of benzene rings is 2. The van der Waals surface area contributed by atoms with Crippen LogP contribution in [0.25, 0.3) is 10.9 Å². The number of aryl methyl sites for hydroxylation is 1. The lowest BCUT2D eigenvalue weighted by molar-refractivity contribution is 0.309. The van der Waals surface area contributed by atoms with Crippen molar-refractivity contribution in [1.29, 1.82) is 0 Å². The third-order valence-corrected chi connectivity index (χ3v) is 3.88. The van der Waals surface area contributed by atoms with Crippen LogP contribution in [-0.2, 0) is 0 Å². The highest BCUT2D eigenvalue weighted by molar-refractivity contribution is 5.80. The Kier molecular flexibility index (Phi) is 5.23. The second kappa shape index (κ2) is 7.75. The number of ether oxygens (including phenoxy) is 1. The Morgan fingerprint density at radius 1 is 1.16 bits per heavy atom. The van der Waals surface area contributed by atoms with Crippen molar-refractivity contribution >= 4 is 17.1 Å². The summed E-state index contributed by atoms with van der Waals surface area (Å²) in [5.74, 6) is 1.39. The molecular weight excluding hydrogens is 314 g/mol. The lowest BCUT2D eigenvalue weighted by Gasteiger charge is -2.06. The van der Waals surface area contributed by atoms with Crippen molar-refractivity contribution in [2.75, 3.05) is 6.61 Å². The number of fused-ring (bicyclic) bond motifs is 1. The molecule has 128 valence electrons. The van der Waals surface area contributed by atoms with Crippen LogP contribution in [0.1, 0.15) is 31.2 Å². The molecule has 1 aromatic heterocycles. The standard InChI is InChI=1S/C20H21N3O2/c1-3-4-13-25-17-11-9-16(10-12-17)14-21-23-15(2)22-19-8-6-5-7-18(19)20(23)24/h5-12,14H,3-4,13H2,1-2H3/b21-14-. The topological polar surface area (TPSA) is 56.5 Å². The van der Waals surface area contributed by atoms with Crippen molar-refractivity contribution < 1.29 is 4.74 Å². The molecule has 0 N–H and O–H groups in total. The predicted molar refractivity (Wildman–Crippen MR) is 101 cm³/mol. The summed E-state index contributed by atoms with van der Waals surface area (Å²) in [4.78, 5) is 17.0. The summed E-state index contributed by atoms with van der Waals surface area (Å²) in [6.45, 7) is 4.63. The molecule has 3 aromatic rings. The maximum atomic E-state index is 12.6. The summed E-state index contributed by atoms with van der Waals surface area (Å²) < 4.78 is 6.97. The van der Waals surface area contributed by atoms with Crippen LogP contribution in [0.2, 0.25) is 0 Å². The van der Waals surface area contributed by atoms with Crippen LogP contribution in [0.15, 0.2) is 58.4 Å². The largest absolute Gasteiger partial charge is 0.494 e. The van der Waals surface area contributed by atoms with E-state index >= 15 is 0 Å². The molecule has 0 unspecified atom stereocenters. The smallest absolute Gasteiger partial charge is 0.282 e. The van der Waals surface area contributed by atoms with Gasteiger partial charge in [0.05, 0.1) is 23.7 Å². The summed E-state index contributed by atoms with van der Waals surface area (Å²) in [7, 11) is 0. The van der Waals surface area contributed by atoms with E-state index in [1.165, 1.54) is 4.68 Å². The number of rotatable bonds is 6. The van der Waals surface area contributed by atoms with Crippen LogP contribution in [0, 0.1) is 6.92 Å². The summed E-state index contributed by atoms with van der Waals surface area (Å²) >= 11 is 0. The van der Waals surface area contributed by atoms with E-state index in [1.54, 1.807) is 19.2 Å². The average Bonchev–Trinajstić information content (AvgIpc) is 2.63. The second-order valence-electron chi connectivity index (χ2n) is 5.81. The van der Waals surface area contributed by atoms with Gasteiger partial charge in [-0.2, -0.15) is 9.78 Å². The Morgan fingerprint density at radius 2 is 1.92 bits per heavy atom. The quantitative estimate of drug-likeness (QED) is 0.509. The minimum atomic E-state index is -0.168. The molecule has 0 atom stereocenters. The summed E-state index contributed by atoms with van der Waals surface area (Å²) in [6, 6.07) is 14.9. The SMILES string of the molecule is CCCCOc1ccc(/C=N\n2c(C)nc3ccccc3c2=O)cc1. The Labute approximate surface area is 146 Å². The summed E-state index contributed by atoms with van der Waals surface area (Å²) in [5.41, 5.74) is 1.41. The number of aromatic nitrogens is 2. The molecule has 0 fully saturated rings. The monoisotopic (exact) mass is 335 g/mol. The van der Waals surface area contributed by atoms with E-state index in [0.717, 1.165) is 30.8 Å². The molecule has 0 amide bonds. The molecule has 0 spiro atoms. The van der Waals surface area contributed by atoms with Crippen molar-refractivity contribution in [2.24, 2.45) is 5.10 Å². The van der Waals surface area contributed by atoms with E-state index in [1.807, 2.05) is 42.5 Å². The fraction of sp³-hybridized carbons (Fsp3) is 0.250. The molecule has 0 radical (unpaired) electrons. The Hall–Kier alpha value is -2.95. The molecule has 0 aliphatic rings. The van der Waals surface area contributed by atoms with Gasteiger partial charge in [0.25, 0.3) is 5.56 Å².